The van der Waals surface area contributed by atoms with Crippen LogP contribution in [-0.4, -0.2) is 27.8 Å². The minimum Gasteiger partial charge on any atom is -1.00 e. The molecule has 0 fully saturated rings. The van der Waals surface area contributed by atoms with Gasteiger partial charge in [-0.15, -0.1) is 5.10 Å². The fourth-order valence-corrected chi connectivity index (χ4v) is 5.36. The van der Waals surface area contributed by atoms with E-state index in [0.717, 1.165) is 18.6 Å². The van der Waals surface area contributed by atoms with Crippen LogP contribution in [0.4, 0.5) is 24.8 Å². The molecule has 4 aromatic rings. The summed E-state index contributed by atoms with van der Waals surface area (Å²) in [5.74, 6) is -0.766. The van der Waals surface area contributed by atoms with Crippen molar-refractivity contribution in [3.05, 3.63) is 117 Å². The highest BCUT2D eigenvalue weighted by Crippen LogP contribution is 2.43. The van der Waals surface area contributed by atoms with Crippen molar-refractivity contribution in [2.45, 2.75) is 45.5 Å². The lowest BCUT2D eigenvalue weighted by Crippen LogP contribution is -3.00. The summed E-state index contributed by atoms with van der Waals surface area (Å²) in [6.45, 7) is 4.17. The number of esters is 1. The van der Waals surface area contributed by atoms with E-state index in [9.17, 15) is 28.0 Å². The molecule has 228 valence electrons. The van der Waals surface area contributed by atoms with E-state index in [4.69, 9.17) is 4.74 Å². The van der Waals surface area contributed by atoms with Gasteiger partial charge in [-0.25, -0.2) is 23.8 Å². The molecule has 0 aliphatic carbocycles. The van der Waals surface area contributed by atoms with Gasteiger partial charge in [0.1, 0.15) is 6.04 Å². The van der Waals surface area contributed by atoms with Crippen LogP contribution in [0.15, 0.2) is 83.1 Å². The Bertz CT molecular complexity index is 1820. The van der Waals surface area contributed by atoms with Gasteiger partial charge in [-0.1, -0.05) is 19.1 Å². The minimum atomic E-state index is -4.62. The summed E-state index contributed by atoms with van der Waals surface area (Å²) in [7, 11) is 1.19. The number of nitrogens with one attached hydrogen (secondary N) is 1. The van der Waals surface area contributed by atoms with Crippen LogP contribution in [0.2, 0.25) is 0 Å². The summed E-state index contributed by atoms with van der Waals surface area (Å²) in [4.78, 5) is 28.0. The van der Waals surface area contributed by atoms with E-state index in [0.29, 0.717) is 29.7 Å². The topological polar surface area (TPSA) is 108 Å². The van der Waals surface area contributed by atoms with E-state index in [2.05, 4.69) is 23.2 Å². The zero-order chi connectivity index (χ0) is 30.9. The zero-order valence-corrected chi connectivity index (χ0v) is 25.6. The Balaban J connectivity index is 0.00000442. The van der Waals surface area contributed by atoms with Gasteiger partial charge < -0.3 is 21.7 Å². The largest absolute Gasteiger partial charge is 1.00 e. The predicted molar refractivity (Wildman–Crippen MR) is 150 cm³/mol. The molecule has 0 radical (unpaired) electrons. The number of hydrogen-bond acceptors (Lipinski definition) is 6. The van der Waals surface area contributed by atoms with Crippen molar-refractivity contribution < 1.29 is 44.3 Å². The van der Waals surface area contributed by atoms with Crippen molar-refractivity contribution in [3.8, 4) is 6.07 Å². The van der Waals surface area contributed by atoms with Gasteiger partial charge in [0.25, 0.3) is 0 Å². The number of H-pyrrole nitrogens is 1. The molecule has 3 heterocycles. The molecule has 1 N–H and O–H groups in total. The number of nitrogens with zero attached hydrogens (tertiary/aromatic N) is 5. The van der Waals surface area contributed by atoms with Crippen LogP contribution in [0.1, 0.15) is 47.7 Å². The monoisotopic (exact) mass is 668 g/mol. The number of nitriles is 1. The number of ether oxygens (including phenoxy) is 1. The Labute approximate surface area is 261 Å². The van der Waals surface area contributed by atoms with E-state index >= 15 is 0 Å². The van der Waals surface area contributed by atoms with Crippen molar-refractivity contribution >= 4 is 17.6 Å². The Morgan fingerprint density at radius 3 is 2.52 bits per heavy atom. The second-order valence-corrected chi connectivity index (χ2v) is 10.0. The summed E-state index contributed by atoms with van der Waals surface area (Å²) in [5.41, 5.74) is 1.60. The molecular weight excluding hydrogens is 641 g/mol. The summed E-state index contributed by atoms with van der Waals surface area (Å²) in [6.07, 6.45) is 0.655. The van der Waals surface area contributed by atoms with Crippen molar-refractivity contribution in [1.82, 2.24) is 14.8 Å². The van der Waals surface area contributed by atoms with Crippen LogP contribution in [0.25, 0.3) is 0 Å². The number of methoxy groups -OCH3 is 1. The molecule has 1 aliphatic rings. The maximum atomic E-state index is 13.6. The quantitative estimate of drug-likeness (QED) is 0.238. The third-order valence-electron chi connectivity index (χ3n) is 7.55. The van der Waals surface area contributed by atoms with Crippen LogP contribution in [-0.2, 0) is 35.1 Å². The number of fused-ring (bicyclic) bond motifs is 1. The van der Waals surface area contributed by atoms with E-state index in [1.807, 2.05) is 29.1 Å². The molecule has 0 amide bonds. The predicted octanol–water partition coefficient (Wildman–Crippen LogP) is 1.75. The first-order valence-electron chi connectivity index (χ1n) is 13.5. The van der Waals surface area contributed by atoms with Gasteiger partial charge in [0.2, 0.25) is 5.95 Å². The molecule has 0 saturated heterocycles. The molecule has 9 nitrogen and oxygen atoms in total. The summed E-state index contributed by atoms with van der Waals surface area (Å²) in [5, 5.41) is 16.2. The molecule has 2 aromatic carbocycles. The zero-order valence-electron chi connectivity index (χ0n) is 24.0. The molecule has 0 unspecified atom stereocenters. The highest BCUT2D eigenvalue weighted by molar-refractivity contribution is 5.93. The fraction of sp³-hybridized carbons (Fsp3) is 0.258. The first-order chi connectivity index (χ1) is 20.6. The van der Waals surface area contributed by atoms with Crippen molar-refractivity contribution in [2.75, 3.05) is 12.0 Å². The van der Waals surface area contributed by atoms with Crippen molar-refractivity contribution in [2.24, 2.45) is 0 Å². The molecule has 5 rings (SSSR count). The Morgan fingerprint density at radius 1 is 1.16 bits per heavy atom. The number of hydrogen-bond donors (Lipinski definition) is 1. The number of allylic oxidation sites excluding steroid dienone is 1. The maximum Gasteiger partial charge on any atom is 0.416 e. The molecule has 0 saturated carbocycles. The summed E-state index contributed by atoms with van der Waals surface area (Å²) >= 11 is 0. The van der Waals surface area contributed by atoms with E-state index in [1.54, 1.807) is 25.1 Å². The molecule has 1 atom stereocenters. The number of pyridine rings is 1. The molecule has 2 aromatic heterocycles. The van der Waals surface area contributed by atoms with Gasteiger partial charge in [0.15, 0.2) is 18.9 Å². The van der Waals surface area contributed by atoms with Gasteiger partial charge in [-0.3, -0.25) is 4.90 Å². The van der Waals surface area contributed by atoms with Crippen LogP contribution < -0.4 is 32.1 Å². The lowest BCUT2D eigenvalue weighted by molar-refractivity contribution is -0.696. The second kappa shape index (κ2) is 12.9. The number of halogens is 4. The lowest BCUT2D eigenvalue weighted by Gasteiger charge is -2.36. The van der Waals surface area contributed by atoms with Crippen molar-refractivity contribution in [3.63, 3.8) is 0 Å². The Morgan fingerprint density at radius 2 is 1.89 bits per heavy atom. The normalized spacial score (nSPS) is 14.5. The van der Waals surface area contributed by atoms with E-state index < -0.39 is 29.4 Å². The van der Waals surface area contributed by atoms with Crippen LogP contribution in [0.3, 0.4) is 0 Å². The molecule has 0 spiro atoms. The first-order valence-corrected chi connectivity index (χ1v) is 13.5. The number of aromatic nitrogens is 4. The number of alkyl halides is 3. The van der Waals surface area contributed by atoms with Crippen LogP contribution in [0.5, 0.6) is 0 Å². The Hall–Kier alpha value is -4.70. The van der Waals surface area contributed by atoms with E-state index in [-0.39, 0.29) is 39.9 Å². The average Bonchev–Trinajstić information content (AvgIpc) is 3.39. The van der Waals surface area contributed by atoms with Gasteiger partial charge >= 0.3 is 17.8 Å². The standard InChI is InChI=1S/C31H27F3N6O3.BrH/c1-4-20-10-13-38(14-11-20)15-12-22-16-21(18-35)8-9-25(22)27-26(28(41)43-3)19(2)39(29-36-37-30(42)40(27)29)24-7-5-6-23(17-24)31(32,33)34;/h5-11,13-14,16-17,27H,4,12,15H2,1-3H3;1H/t27-;/m1./s1. The SMILES string of the molecule is CCc1cc[n+](CCc2cc(C#N)ccc2[C@@H]2C(C(=O)OC)=C(C)N(c3cccc(C(F)(F)F)c3)c3n[nH]c(=O)n32)cc1.[Br-]. The van der Waals surface area contributed by atoms with Crippen molar-refractivity contribution in [1.29, 1.82) is 5.26 Å². The highest BCUT2D eigenvalue weighted by Gasteiger charge is 2.41. The number of aromatic amines is 1. The van der Waals surface area contributed by atoms with Crippen LogP contribution >= 0.6 is 0 Å². The number of rotatable bonds is 7. The maximum absolute atomic E-state index is 13.6. The molecule has 44 heavy (non-hydrogen) atoms. The number of aryl methyl sites for hydroxylation is 3. The van der Waals surface area contributed by atoms with Gasteiger partial charge in [0.05, 0.1) is 29.9 Å². The lowest BCUT2D eigenvalue weighted by atomic mass is 9.89. The number of carbonyl (C=O) groups is 1. The number of benzene rings is 2. The third-order valence-corrected chi connectivity index (χ3v) is 7.55. The van der Waals surface area contributed by atoms with Gasteiger partial charge in [0, 0.05) is 29.9 Å². The van der Waals surface area contributed by atoms with E-state index in [1.165, 1.54) is 34.3 Å². The smallest absolute Gasteiger partial charge is 0.416 e. The minimum absolute atomic E-state index is 0. The molecular formula is C31H28BrF3N6O3. The van der Waals surface area contributed by atoms with Gasteiger partial charge in [-0.05, 0) is 60.4 Å². The first kappa shape index (κ1) is 32.2. The summed E-state index contributed by atoms with van der Waals surface area (Å²) < 4.78 is 49.2. The third kappa shape index (κ3) is 6.03. The fourth-order valence-electron chi connectivity index (χ4n) is 5.36. The second-order valence-electron chi connectivity index (χ2n) is 10.0. The summed E-state index contributed by atoms with van der Waals surface area (Å²) in [6, 6.07) is 14.7. The number of anilines is 2. The molecule has 13 heteroatoms. The molecule has 1 aliphatic heterocycles. The van der Waals surface area contributed by atoms with Gasteiger partial charge in [-0.2, -0.15) is 18.4 Å². The van der Waals surface area contributed by atoms with Crippen LogP contribution in [0, 0.1) is 11.3 Å². The average molecular weight is 670 g/mol. The Kier molecular flexibility index (Phi) is 9.44. The number of carbonyl (C=O) groups excluding carboxylic acids is 1. The highest BCUT2D eigenvalue weighted by atomic mass is 79.9. The molecule has 0 bridgehead atoms.